The van der Waals surface area contributed by atoms with Crippen LogP contribution in [-0.2, 0) is 0 Å². The van der Waals surface area contributed by atoms with E-state index in [1.54, 1.807) is 0 Å². The summed E-state index contributed by atoms with van der Waals surface area (Å²) in [6.45, 7) is 21.6. The summed E-state index contributed by atoms with van der Waals surface area (Å²) in [5, 5.41) is 0. The molecule has 0 amide bonds. The molecule has 0 unspecified atom stereocenters. The van der Waals surface area contributed by atoms with Gasteiger partial charge in [0.05, 0.1) is 0 Å². The van der Waals surface area contributed by atoms with Gasteiger partial charge >= 0.3 is 0 Å². The van der Waals surface area contributed by atoms with Gasteiger partial charge in [-0.15, -0.1) is 0 Å². The van der Waals surface area contributed by atoms with Crippen LogP contribution in [-0.4, -0.2) is 21.7 Å². The number of hydrogen-bond donors (Lipinski definition) is 2. The molecule has 2 aromatic carbocycles. The monoisotopic (exact) mass is 400 g/mol. The highest BCUT2D eigenvalue weighted by Gasteiger charge is 2.42. The molecule has 3 nitrogen and oxygen atoms in total. The van der Waals surface area contributed by atoms with Crippen LogP contribution in [0.5, 0.6) is 0 Å². The summed E-state index contributed by atoms with van der Waals surface area (Å²) in [5.74, 6) is 0. The van der Waals surface area contributed by atoms with E-state index in [1.807, 2.05) is 13.1 Å². The molecule has 0 aliphatic rings. The maximum Gasteiger partial charge on any atom is 0.284 e. The lowest BCUT2D eigenvalue weighted by Gasteiger charge is -2.47. The quantitative estimate of drug-likeness (QED) is 0.618. The van der Waals surface area contributed by atoms with E-state index in [2.05, 4.69) is 88.1 Å². The maximum atomic E-state index is 11.3. The van der Waals surface area contributed by atoms with Crippen molar-refractivity contribution >= 4 is 28.3 Å². The molecule has 0 heterocycles. The lowest BCUT2D eigenvalue weighted by molar-refractivity contribution is 0.552. The van der Waals surface area contributed by atoms with Crippen molar-refractivity contribution in [3.8, 4) is 0 Å². The van der Waals surface area contributed by atoms with Gasteiger partial charge in [-0.2, -0.15) is 0 Å². The Labute approximate surface area is 167 Å². The van der Waals surface area contributed by atoms with E-state index >= 15 is 0 Å². The number of nitrogens with zero attached hydrogens (tertiary/aromatic N) is 1. The van der Waals surface area contributed by atoms with E-state index in [9.17, 15) is 4.80 Å². The average Bonchev–Trinajstić information content (AvgIpc) is 2.45. The van der Waals surface area contributed by atoms with Crippen LogP contribution in [0.15, 0.2) is 24.3 Å². The Bertz CT molecular complexity index is 808. The van der Waals surface area contributed by atoms with Gasteiger partial charge in [0.2, 0.25) is 8.40 Å². The molecule has 0 radical (unpaired) electrons. The normalized spacial score (nSPS) is 12.3. The summed E-state index contributed by atoms with van der Waals surface area (Å²) in [5.41, 5.74) is 9.97. The fourth-order valence-electron chi connectivity index (χ4n) is 4.50. The standard InChI is InChI=1S/C22H36N2OSi2/c1-15-11-17(3)21(18(4)12-15)23-26(7,8)24(27(9,10)25)22-19(5)13-16(2)14-20(22)6/h11-14,23,25H,1-10H3. The molecule has 0 saturated carbocycles. The fourth-order valence-corrected chi connectivity index (χ4v) is 13.1. The molecule has 0 aromatic heterocycles. The van der Waals surface area contributed by atoms with Crippen molar-refractivity contribution in [2.24, 2.45) is 0 Å². The van der Waals surface area contributed by atoms with Crippen LogP contribution in [0.1, 0.15) is 33.4 Å². The Hall–Kier alpha value is -1.57. The number of rotatable bonds is 5. The van der Waals surface area contributed by atoms with Gasteiger partial charge in [-0.3, -0.25) is 0 Å². The van der Waals surface area contributed by atoms with E-state index in [0.29, 0.717) is 0 Å². The molecule has 2 N–H and O–H groups in total. The third-order valence-corrected chi connectivity index (χ3v) is 11.9. The number of hydrogen-bond acceptors (Lipinski definition) is 3. The Morgan fingerprint density at radius 1 is 0.704 bits per heavy atom. The van der Waals surface area contributed by atoms with Crippen molar-refractivity contribution in [3.63, 3.8) is 0 Å². The number of nitrogens with one attached hydrogen (secondary N) is 1. The highest BCUT2D eigenvalue weighted by atomic mass is 28.4. The first kappa shape index (κ1) is 21.7. The minimum Gasteiger partial charge on any atom is -0.416 e. The van der Waals surface area contributed by atoms with Crippen molar-refractivity contribution in [3.05, 3.63) is 57.6 Å². The molecule has 2 rings (SSSR count). The molecule has 0 aliphatic carbocycles. The smallest absolute Gasteiger partial charge is 0.284 e. The zero-order chi connectivity index (χ0) is 20.7. The number of aryl methyl sites for hydroxylation is 6. The van der Waals surface area contributed by atoms with Crippen LogP contribution in [0.4, 0.5) is 11.4 Å². The van der Waals surface area contributed by atoms with Crippen molar-refractivity contribution in [2.45, 2.75) is 67.7 Å². The third-order valence-electron chi connectivity index (χ3n) is 5.07. The first-order valence-corrected chi connectivity index (χ1v) is 15.5. The first-order valence-electron chi connectivity index (χ1n) is 9.70. The van der Waals surface area contributed by atoms with Crippen LogP contribution in [0.25, 0.3) is 0 Å². The van der Waals surface area contributed by atoms with Crippen molar-refractivity contribution in [1.29, 1.82) is 0 Å². The molecule has 27 heavy (non-hydrogen) atoms. The second kappa shape index (κ2) is 7.45. The van der Waals surface area contributed by atoms with Crippen LogP contribution in [0, 0.1) is 41.5 Å². The highest BCUT2D eigenvalue weighted by molar-refractivity contribution is 6.98. The predicted octanol–water partition coefficient (Wildman–Crippen LogP) is 5.85. The average molecular weight is 401 g/mol. The molecule has 0 atom stereocenters. The molecule has 148 valence electrons. The lowest BCUT2D eigenvalue weighted by Crippen LogP contribution is -2.67. The Kier molecular flexibility index (Phi) is 6.00. The number of benzene rings is 2. The van der Waals surface area contributed by atoms with Gasteiger partial charge in [0, 0.05) is 11.4 Å². The molecular formula is C22H36N2OSi2. The van der Waals surface area contributed by atoms with E-state index in [1.165, 1.54) is 44.8 Å². The van der Waals surface area contributed by atoms with Crippen LogP contribution >= 0.6 is 0 Å². The van der Waals surface area contributed by atoms with E-state index < -0.39 is 16.9 Å². The minimum absolute atomic E-state index is 1.20. The Morgan fingerprint density at radius 3 is 1.44 bits per heavy atom. The molecule has 5 heteroatoms. The summed E-state index contributed by atoms with van der Waals surface area (Å²) in [7, 11) is -4.83. The third kappa shape index (κ3) is 4.65. The van der Waals surface area contributed by atoms with Crippen LogP contribution in [0.2, 0.25) is 26.2 Å². The molecule has 0 aliphatic heterocycles. The van der Waals surface area contributed by atoms with Gasteiger partial charge in [0.1, 0.15) is 0 Å². The van der Waals surface area contributed by atoms with Crippen molar-refractivity contribution < 1.29 is 4.80 Å². The zero-order valence-electron chi connectivity index (χ0n) is 18.7. The van der Waals surface area contributed by atoms with E-state index in [0.717, 1.165) is 0 Å². The Morgan fingerprint density at radius 2 is 1.07 bits per heavy atom. The molecule has 0 saturated heterocycles. The number of anilines is 2. The van der Waals surface area contributed by atoms with Gasteiger partial charge in [0.25, 0.3) is 8.48 Å². The summed E-state index contributed by atoms with van der Waals surface area (Å²) in [6, 6.07) is 8.91. The first-order chi connectivity index (χ1) is 12.2. The van der Waals surface area contributed by atoms with Gasteiger partial charge < -0.3 is 14.0 Å². The van der Waals surface area contributed by atoms with Crippen molar-refractivity contribution in [2.75, 3.05) is 9.21 Å². The second-order valence-electron chi connectivity index (χ2n) is 9.03. The summed E-state index contributed by atoms with van der Waals surface area (Å²) in [4.78, 5) is 15.2. The van der Waals surface area contributed by atoms with Gasteiger partial charge in [-0.05, 0) is 90.0 Å². The maximum absolute atomic E-state index is 11.3. The van der Waals surface area contributed by atoms with E-state index in [-0.39, 0.29) is 0 Å². The zero-order valence-corrected chi connectivity index (χ0v) is 20.7. The van der Waals surface area contributed by atoms with Gasteiger partial charge in [0.15, 0.2) is 0 Å². The summed E-state index contributed by atoms with van der Waals surface area (Å²) >= 11 is 0. The molecule has 0 bridgehead atoms. The molecule has 2 aromatic rings. The summed E-state index contributed by atoms with van der Waals surface area (Å²) < 4.78 is 2.38. The highest BCUT2D eigenvalue weighted by Crippen LogP contribution is 2.35. The van der Waals surface area contributed by atoms with Crippen LogP contribution < -0.4 is 9.21 Å². The van der Waals surface area contributed by atoms with Gasteiger partial charge in [-0.1, -0.05) is 35.4 Å². The lowest BCUT2D eigenvalue weighted by atomic mass is 10.1. The van der Waals surface area contributed by atoms with E-state index in [4.69, 9.17) is 0 Å². The van der Waals surface area contributed by atoms with Crippen molar-refractivity contribution in [1.82, 2.24) is 0 Å². The topological polar surface area (TPSA) is 35.5 Å². The largest absolute Gasteiger partial charge is 0.416 e. The molecule has 0 spiro atoms. The summed E-state index contributed by atoms with van der Waals surface area (Å²) in [6.07, 6.45) is 0. The second-order valence-corrected chi connectivity index (χ2v) is 16.7. The van der Waals surface area contributed by atoms with Gasteiger partial charge in [-0.25, -0.2) is 0 Å². The van der Waals surface area contributed by atoms with Crippen LogP contribution in [0.3, 0.4) is 0 Å². The minimum atomic E-state index is -2.61. The molecular weight excluding hydrogens is 364 g/mol. The fraction of sp³-hybridized carbons (Fsp3) is 0.455. The predicted molar refractivity (Wildman–Crippen MR) is 125 cm³/mol. The Balaban J connectivity index is 2.61. The molecule has 0 fully saturated rings. The SMILES string of the molecule is Cc1cc(C)c(N[Si](C)(C)N(c2c(C)cc(C)cc2C)[Si](C)(C)O)c(C)c1.